The molecule has 1 aliphatic carbocycles. The van der Waals surface area contributed by atoms with Crippen molar-refractivity contribution in [1.29, 1.82) is 0 Å². The number of halogens is 1. The number of nitrogens with zero attached hydrogens (tertiary/aromatic N) is 1. The predicted octanol–water partition coefficient (Wildman–Crippen LogP) is 2.87. The molecule has 1 aromatic carbocycles. The van der Waals surface area contributed by atoms with E-state index < -0.39 is 11.7 Å². The smallest absolute Gasteiger partial charge is 0.263 e. The molecule has 0 aromatic heterocycles. The molecule has 1 atom stereocenters. The van der Waals surface area contributed by atoms with Gasteiger partial charge in [0.1, 0.15) is 5.75 Å². The standard InChI is InChI=1S/C16H22ClNO3/c1-12(21-14-8-4-3-7-13(14)17)15(19)18(2)11-16(20)9-5-6-10-16/h3-4,7-8,12,20H,5-6,9-11H2,1-2H3. The number of carbonyl (C=O) groups excluding carboxylic acids is 1. The normalized spacial score (nSPS) is 18.3. The third-order valence-electron chi connectivity index (χ3n) is 3.93. The number of amides is 1. The average molecular weight is 312 g/mol. The summed E-state index contributed by atoms with van der Waals surface area (Å²) in [6, 6.07) is 7.07. The van der Waals surface area contributed by atoms with Crippen molar-refractivity contribution < 1.29 is 14.6 Å². The highest BCUT2D eigenvalue weighted by atomic mass is 35.5. The second-order valence-electron chi connectivity index (χ2n) is 5.82. The number of hydrogen-bond donors (Lipinski definition) is 1. The van der Waals surface area contributed by atoms with Crippen LogP contribution < -0.4 is 4.74 Å². The van der Waals surface area contributed by atoms with Gasteiger partial charge in [0, 0.05) is 13.6 Å². The first-order valence-corrected chi connectivity index (χ1v) is 7.68. The number of carbonyl (C=O) groups is 1. The predicted molar refractivity (Wildman–Crippen MR) is 82.6 cm³/mol. The maximum Gasteiger partial charge on any atom is 0.263 e. The third-order valence-corrected chi connectivity index (χ3v) is 4.24. The minimum absolute atomic E-state index is 0.157. The number of likely N-dealkylation sites (N-methyl/N-ethyl adjacent to an activating group) is 1. The summed E-state index contributed by atoms with van der Waals surface area (Å²) in [5.74, 6) is 0.336. The van der Waals surface area contributed by atoms with Crippen LogP contribution in [0.1, 0.15) is 32.6 Å². The van der Waals surface area contributed by atoms with E-state index in [0.29, 0.717) is 17.3 Å². The molecule has 1 fully saturated rings. The Morgan fingerprint density at radius 2 is 2.05 bits per heavy atom. The van der Waals surface area contributed by atoms with Gasteiger partial charge < -0.3 is 14.7 Å². The highest BCUT2D eigenvalue weighted by Crippen LogP contribution is 2.30. The lowest BCUT2D eigenvalue weighted by molar-refractivity contribution is -0.139. The zero-order chi connectivity index (χ0) is 15.5. The largest absolute Gasteiger partial charge is 0.479 e. The van der Waals surface area contributed by atoms with E-state index in [1.807, 2.05) is 12.1 Å². The molecular formula is C16H22ClNO3. The molecule has 4 nitrogen and oxygen atoms in total. The van der Waals surface area contributed by atoms with Gasteiger partial charge >= 0.3 is 0 Å². The van der Waals surface area contributed by atoms with Crippen LogP contribution in [0, 0.1) is 0 Å². The minimum atomic E-state index is -0.742. The summed E-state index contributed by atoms with van der Waals surface area (Å²) in [4.78, 5) is 13.9. The summed E-state index contributed by atoms with van der Waals surface area (Å²) in [6.45, 7) is 2.04. The van der Waals surface area contributed by atoms with E-state index in [1.165, 1.54) is 0 Å². The van der Waals surface area contributed by atoms with Crippen molar-refractivity contribution in [3.8, 4) is 5.75 Å². The first-order valence-electron chi connectivity index (χ1n) is 7.30. The van der Waals surface area contributed by atoms with Gasteiger partial charge in [0.05, 0.1) is 10.6 Å². The van der Waals surface area contributed by atoms with Crippen molar-refractivity contribution >= 4 is 17.5 Å². The molecule has 1 unspecified atom stereocenters. The van der Waals surface area contributed by atoms with Crippen molar-refractivity contribution in [3.63, 3.8) is 0 Å². The molecule has 1 aliphatic rings. The van der Waals surface area contributed by atoms with Gasteiger partial charge in [-0.05, 0) is 31.9 Å². The molecule has 0 spiro atoms. The van der Waals surface area contributed by atoms with Crippen LogP contribution in [0.4, 0.5) is 0 Å². The fourth-order valence-corrected chi connectivity index (χ4v) is 2.98. The molecular weight excluding hydrogens is 290 g/mol. The van der Waals surface area contributed by atoms with E-state index in [9.17, 15) is 9.90 Å². The van der Waals surface area contributed by atoms with E-state index in [-0.39, 0.29) is 5.91 Å². The number of rotatable bonds is 5. The highest BCUT2D eigenvalue weighted by Gasteiger charge is 2.34. The first-order chi connectivity index (χ1) is 9.91. The van der Waals surface area contributed by atoms with Crippen LogP contribution in [-0.4, -0.2) is 41.2 Å². The van der Waals surface area contributed by atoms with Crippen molar-refractivity contribution in [1.82, 2.24) is 4.90 Å². The zero-order valence-electron chi connectivity index (χ0n) is 12.5. The second kappa shape index (κ2) is 6.67. The molecule has 5 heteroatoms. The monoisotopic (exact) mass is 311 g/mol. The van der Waals surface area contributed by atoms with E-state index in [4.69, 9.17) is 16.3 Å². The number of para-hydroxylation sites is 1. The van der Waals surface area contributed by atoms with Gasteiger partial charge in [-0.15, -0.1) is 0 Å². The summed E-state index contributed by atoms with van der Waals surface area (Å²) >= 11 is 6.02. The van der Waals surface area contributed by atoms with Gasteiger partial charge in [-0.1, -0.05) is 36.6 Å². The van der Waals surface area contributed by atoms with Gasteiger partial charge in [-0.3, -0.25) is 4.79 Å². The van der Waals surface area contributed by atoms with E-state index >= 15 is 0 Å². The fourth-order valence-electron chi connectivity index (χ4n) is 2.80. The van der Waals surface area contributed by atoms with Gasteiger partial charge in [-0.2, -0.15) is 0 Å². The lowest BCUT2D eigenvalue weighted by Gasteiger charge is -2.30. The Labute approximate surface area is 130 Å². The van der Waals surface area contributed by atoms with Crippen molar-refractivity contribution in [2.45, 2.75) is 44.3 Å². The number of ether oxygens (including phenoxy) is 1. The van der Waals surface area contributed by atoms with Crippen molar-refractivity contribution in [3.05, 3.63) is 29.3 Å². The van der Waals surface area contributed by atoms with Crippen LogP contribution in [0.15, 0.2) is 24.3 Å². The van der Waals surface area contributed by atoms with Gasteiger partial charge in [0.15, 0.2) is 6.10 Å². The Morgan fingerprint density at radius 3 is 2.67 bits per heavy atom. The Hall–Kier alpha value is -1.26. The molecule has 0 saturated heterocycles. The third kappa shape index (κ3) is 4.11. The molecule has 21 heavy (non-hydrogen) atoms. The van der Waals surface area contributed by atoms with Gasteiger partial charge in [-0.25, -0.2) is 0 Å². The van der Waals surface area contributed by atoms with Crippen LogP contribution in [0.3, 0.4) is 0 Å². The van der Waals surface area contributed by atoms with Crippen LogP contribution in [-0.2, 0) is 4.79 Å². The number of hydrogen-bond acceptors (Lipinski definition) is 3. The maximum absolute atomic E-state index is 12.3. The quantitative estimate of drug-likeness (QED) is 0.909. The average Bonchev–Trinajstić information content (AvgIpc) is 2.86. The molecule has 0 aliphatic heterocycles. The van der Waals surface area contributed by atoms with E-state index in [0.717, 1.165) is 25.7 Å². The number of benzene rings is 1. The maximum atomic E-state index is 12.3. The summed E-state index contributed by atoms with van der Waals surface area (Å²) < 4.78 is 5.62. The Morgan fingerprint density at radius 1 is 1.43 bits per heavy atom. The summed E-state index contributed by atoms with van der Waals surface area (Å²) in [6.07, 6.45) is 2.91. The molecule has 116 valence electrons. The van der Waals surface area contributed by atoms with Crippen LogP contribution >= 0.6 is 11.6 Å². The van der Waals surface area contributed by atoms with Crippen molar-refractivity contribution in [2.75, 3.05) is 13.6 Å². The highest BCUT2D eigenvalue weighted by molar-refractivity contribution is 6.32. The molecule has 1 N–H and O–H groups in total. The van der Waals surface area contributed by atoms with Gasteiger partial charge in [0.25, 0.3) is 5.91 Å². The Bertz CT molecular complexity index is 500. The van der Waals surface area contributed by atoms with Crippen molar-refractivity contribution in [2.24, 2.45) is 0 Å². The lowest BCUT2D eigenvalue weighted by Crippen LogP contribution is -2.46. The molecule has 0 radical (unpaired) electrons. The molecule has 1 saturated carbocycles. The lowest BCUT2D eigenvalue weighted by atomic mass is 10.0. The zero-order valence-corrected chi connectivity index (χ0v) is 13.3. The summed E-state index contributed by atoms with van der Waals surface area (Å²) in [5, 5.41) is 10.9. The van der Waals surface area contributed by atoms with Crippen LogP contribution in [0.5, 0.6) is 5.75 Å². The Kier molecular flexibility index (Phi) is 5.12. The van der Waals surface area contributed by atoms with E-state index in [2.05, 4.69) is 0 Å². The molecule has 0 heterocycles. The second-order valence-corrected chi connectivity index (χ2v) is 6.22. The van der Waals surface area contributed by atoms with E-state index in [1.54, 1.807) is 31.0 Å². The molecule has 0 bridgehead atoms. The minimum Gasteiger partial charge on any atom is -0.479 e. The SMILES string of the molecule is CC(Oc1ccccc1Cl)C(=O)N(C)CC1(O)CCCC1. The van der Waals surface area contributed by atoms with Crippen LogP contribution in [0.2, 0.25) is 5.02 Å². The topological polar surface area (TPSA) is 49.8 Å². The number of aliphatic hydroxyl groups is 1. The fraction of sp³-hybridized carbons (Fsp3) is 0.562. The first kappa shape index (κ1) is 16.1. The molecule has 1 aromatic rings. The van der Waals surface area contributed by atoms with Gasteiger partial charge in [0.2, 0.25) is 0 Å². The summed E-state index contributed by atoms with van der Waals surface area (Å²) in [7, 11) is 1.70. The molecule has 1 amide bonds. The summed E-state index contributed by atoms with van der Waals surface area (Å²) in [5.41, 5.74) is -0.742. The molecule has 2 rings (SSSR count). The Balaban J connectivity index is 1.94. The van der Waals surface area contributed by atoms with Crippen LogP contribution in [0.25, 0.3) is 0 Å².